The number of nitrogens with two attached hydrogens (primary N) is 1. The van der Waals surface area contributed by atoms with Crippen LogP contribution in [0.5, 0.6) is 0 Å². The molecule has 1 aromatic carbocycles. The lowest BCUT2D eigenvalue weighted by Gasteiger charge is -2.06. The topological polar surface area (TPSA) is 55.1 Å². The van der Waals surface area contributed by atoms with Gasteiger partial charge in [0.1, 0.15) is 0 Å². The van der Waals surface area contributed by atoms with Gasteiger partial charge in [0.2, 0.25) is 5.91 Å². The average Bonchev–Trinajstić information content (AvgIpc) is 2.21. The van der Waals surface area contributed by atoms with Gasteiger partial charge in [-0.05, 0) is 18.1 Å². The summed E-state index contributed by atoms with van der Waals surface area (Å²) in [4.78, 5) is 12.0. The second-order valence-electron chi connectivity index (χ2n) is 3.67. The van der Waals surface area contributed by atoms with Gasteiger partial charge < -0.3 is 11.1 Å². The van der Waals surface area contributed by atoms with Gasteiger partial charge in [-0.2, -0.15) is 0 Å². The number of benzene rings is 1. The molecule has 86 valence electrons. The van der Waals surface area contributed by atoms with Gasteiger partial charge in [-0.1, -0.05) is 36.5 Å². The minimum Gasteiger partial charge on any atom is -0.393 e. The van der Waals surface area contributed by atoms with Gasteiger partial charge >= 0.3 is 0 Å². The van der Waals surface area contributed by atoms with Crippen molar-refractivity contribution >= 4 is 23.1 Å². The fourth-order valence-electron chi connectivity index (χ4n) is 1.37. The molecule has 0 radical (unpaired) electrons. The van der Waals surface area contributed by atoms with E-state index < -0.39 is 0 Å². The van der Waals surface area contributed by atoms with E-state index in [1.54, 1.807) is 0 Å². The third-order valence-electron chi connectivity index (χ3n) is 2.31. The molecule has 0 heterocycles. The van der Waals surface area contributed by atoms with Gasteiger partial charge in [-0.3, -0.25) is 4.79 Å². The van der Waals surface area contributed by atoms with E-state index in [0.717, 1.165) is 11.1 Å². The lowest BCUT2D eigenvalue weighted by Crippen LogP contribution is -2.28. The maximum absolute atomic E-state index is 11.6. The summed E-state index contributed by atoms with van der Waals surface area (Å²) >= 11 is 4.72. The number of hydrogen-bond acceptors (Lipinski definition) is 2. The highest BCUT2D eigenvalue weighted by molar-refractivity contribution is 7.80. The van der Waals surface area contributed by atoms with Crippen LogP contribution in [0.3, 0.4) is 0 Å². The van der Waals surface area contributed by atoms with Crippen molar-refractivity contribution in [3.05, 3.63) is 35.4 Å². The van der Waals surface area contributed by atoms with E-state index in [4.69, 9.17) is 18.0 Å². The van der Waals surface area contributed by atoms with Crippen LogP contribution >= 0.6 is 12.2 Å². The molecule has 1 aromatic rings. The Hall–Kier alpha value is -1.42. The summed E-state index contributed by atoms with van der Waals surface area (Å²) in [5, 5.41) is 2.78. The molecule has 3 N–H and O–H groups in total. The van der Waals surface area contributed by atoms with Crippen LogP contribution in [0, 0.1) is 6.92 Å². The van der Waals surface area contributed by atoms with Crippen molar-refractivity contribution < 1.29 is 4.79 Å². The number of aryl methyl sites for hydroxylation is 1. The molecule has 0 saturated heterocycles. The molecule has 0 bridgehead atoms. The van der Waals surface area contributed by atoms with Crippen molar-refractivity contribution in [2.24, 2.45) is 5.73 Å². The van der Waals surface area contributed by atoms with Crippen LogP contribution in [-0.4, -0.2) is 17.4 Å². The Labute approximate surface area is 101 Å². The Morgan fingerprint density at radius 3 is 2.75 bits per heavy atom. The van der Waals surface area contributed by atoms with Crippen LogP contribution in [0.15, 0.2) is 24.3 Å². The number of nitrogens with one attached hydrogen (secondary N) is 1. The zero-order valence-electron chi connectivity index (χ0n) is 9.32. The first-order valence-electron chi connectivity index (χ1n) is 5.19. The minimum absolute atomic E-state index is 0.00514. The van der Waals surface area contributed by atoms with E-state index >= 15 is 0 Å². The highest BCUT2D eigenvalue weighted by Gasteiger charge is 2.04. The fourth-order valence-corrected chi connectivity index (χ4v) is 1.47. The normalized spacial score (nSPS) is 9.81. The maximum atomic E-state index is 11.6. The molecule has 0 atom stereocenters. The van der Waals surface area contributed by atoms with E-state index in [1.165, 1.54) is 0 Å². The molecular formula is C12H16N2OS. The molecule has 0 aromatic heterocycles. The van der Waals surface area contributed by atoms with Gasteiger partial charge in [0.25, 0.3) is 0 Å². The largest absolute Gasteiger partial charge is 0.393 e. The van der Waals surface area contributed by atoms with Gasteiger partial charge in [0.15, 0.2) is 0 Å². The summed E-state index contributed by atoms with van der Waals surface area (Å²) < 4.78 is 0. The second kappa shape index (κ2) is 6.23. The quantitative estimate of drug-likeness (QED) is 0.758. The van der Waals surface area contributed by atoms with Gasteiger partial charge in [0.05, 0.1) is 11.4 Å². The molecule has 0 saturated carbocycles. The first kappa shape index (κ1) is 12.6. The molecule has 16 heavy (non-hydrogen) atoms. The van der Waals surface area contributed by atoms with Crippen molar-refractivity contribution in [1.29, 1.82) is 0 Å². The van der Waals surface area contributed by atoms with Crippen molar-refractivity contribution in [3.63, 3.8) is 0 Å². The fraction of sp³-hybridized carbons (Fsp3) is 0.333. The zero-order valence-corrected chi connectivity index (χ0v) is 10.1. The predicted octanol–water partition coefficient (Wildman–Crippen LogP) is 1.33. The summed E-state index contributed by atoms with van der Waals surface area (Å²) in [6, 6.07) is 7.86. The van der Waals surface area contributed by atoms with Crippen LogP contribution in [0.4, 0.5) is 0 Å². The van der Waals surface area contributed by atoms with Crippen LogP contribution in [0.1, 0.15) is 17.5 Å². The van der Waals surface area contributed by atoms with Gasteiger partial charge in [-0.25, -0.2) is 0 Å². The number of carbonyl (C=O) groups excluding carboxylic acids is 1. The maximum Gasteiger partial charge on any atom is 0.224 e. The number of rotatable bonds is 5. The van der Waals surface area contributed by atoms with E-state index in [9.17, 15) is 4.79 Å². The lowest BCUT2D eigenvalue weighted by molar-refractivity contribution is -0.120. The van der Waals surface area contributed by atoms with Crippen LogP contribution in [0.25, 0.3) is 0 Å². The average molecular weight is 236 g/mol. The molecule has 1 amide bonds. The minimum atomic E-state index is 0.00514. The molecule has 4 heteroatoms. The molecule has 0 aliphatic rings. The predicted molar refractivity (Wildman–Crippen MR) is 69.3 cm³/mol. The van der Waals surface area contributed by atoms with E-state index in [1.807, 2.05) is 31.2 Å². The number of carbonyl (C=O) groups is 1. The highest BCUT2D eigenvalue weighted by Crippen LogP contribution is 2.07. The first-order chi connectivity index (χ1) is 7.59. The summed E-state index contributed by atoms with van der Waals surface area (Å²) in [6.07, 6.45) is 0.957. The van der Waals surface area contributed by atoms with Crippen LogP contribution < -0.4 is 11.1 Å². The number of hydrogen-bond donors (Lipinski definition) is 2. The summed E-state index contributed by atoms with van der Waals surface area (Å²) in [5.41, 5.74) is 7.52. The van der Waals surface area contributed by atoms with Gasteiger partial charge in [0, 0.05) is 13.0 Å². The van der Waals surface area contributed by atoms with Crippen LogP contribution in [0.2, 0.25) is 0 Å². The Balaban J connectivity index is 2.40. The summed E-state index contributed by atoms with van der Waals surface area (Å²) in [5.74, 6) is 0.00514. The van der Waals surface area contributed by atoms with Crippen molar-refractivity contribution in [3.8, 4) is 0 Å². The molecule has 0 fully saturated rings. The second-order valence-corrected chi connectivity index (χ2v) is 4.19. The molecule has 3 nitrogen and oxygen atoms in total. The van der Waals surface area contributed by atoms with Crippen molar-refractivity contribution in [1.82, 2.24) is 5.32 Å². The van der Waals surface area contributed by atoms with E-state index in [0.29, 0.717) is 24.4 Å². The van der Waals surface area contributed by atoms with Gasteiger partial charge in [-0.15, -0.1) is 0 Å². The molecule has 1 rings (SSSR count). The first-order valence-corrected chi connectivity index (χ1v) is 5.60. The Bertz CT molecular complexity index is 390. The zero-order chi connectivity index (χ0) is 12.0. The Kier molecular flexibility index (Phi) is 4.92. The third kappa shape index (κ3) is 4.40. The van der Waals surface area contributed by atoms with Crippen molar-refractivity contribution in [2.75, 3.05) is 6.54 Å². The Morgan fingerprint density at radius 1 is 1.44 bits per heavy atom. The lowest BCUT2D eigenvalue weighted by atomic mass is 10.1. The third-order valence-corrected chi connectivity index (χ3v) is 2.51. The van der Waals surface area contributed by atoms with Crippen molar-refractivity contribution in [2.45, 2.75) is 19.8 Å². The van der Waals surface area contributed by atoms with E-state index in [-0.39, 0.29) is 5.91 Å². The van der Waals surface area contributed by atoms with E-state index in [2.05, 4.69) is 5.32 Å². The standard InChI is InChI=1S/C12H16N2OS/c1-9-4-2-3-5-10(9)8-12(15)14-7-6-11(13)16/h2-5H,6-8H2,1H3,(H2,13,16)(H,14,15). The summed E-state index contributed by atoms with van der Waals surface area (Å²) in [6.45, 7) is 2.51. The highest BCUT2D eigenvalue weighted by atomic mass is 32.1. The Morgan fingerprint density at radius 2 is 2.12 bits per heavy atom. The molecule has 0 aliphatic heterocycles. The molecule has 0 spiro atoms. The number of amides is 1. The number of thiocarbonyl (C=S) groups is 1. The molecule has 0 unspecified atom stereocenters. The van der Waals surface area contributed by atoms with Crippen LogP contribution in [-0.2, 0) is 11.2 Å². The summed E-state index contributed by atoms with van der Waals surface area (Å²) in [7, 11) is 0. The SMILES string of the molecule is Cc1ccccc1CC(=O)NCCC(N)=S. The molecule has 0 aliphatic carbocycles. The monoisotopic (exact) mass is 236 g/mol. The smallest absolute Gasteiger partial charge is 0.224 e. The molecular weight excluding hydrogens is 220 g/mol.